The second-order valence-electron chi connectivity index (χ2n) is 14.6. The van der Waals surface area contributed by atoms with Gasteiger partial charge >= 0.3 is 0 Å². The minimum Gasteiger partial charge on any atom is -0.309 e. The summed E-state index contributed by atoms with van der Waals surface area (Å²) in [6, 6.07) is 69.7. The van der Waals surface area contributed by atoms with E-state index in [1.807, 2.05) is 0 Å². The lowest BCUT2D eigenvalue weighted by atomic mass is 9.98. The molecule has 0 saturated heterocycles. The van der Waals surface area contributed by atoms with Crippen LogP contribution in [0, 0.1) is 0 Å². The third-order valence-corrected chi connectivity index (χ3v) is 11.5. The van der Waals surface area contributed by atoms with Gasteiger partial charge in [0.2, 0.25) is 0 Å². The van der Waals surface area contributed by atoms with E-state index in [1.54, 1.807) is 0 Å². The normalized spacial score (nSPS) is 11.9. The Labute approximate surface area is 322 Å². The Morgan fingerprint density at radius 2 is 0.982 bits per heavy atom. The Balaban J connectivity index is 1.13. The maximum Gasteiger partial charge on any atom is 0.162 e. The largest absolute Gasteiger partial charge is 0.309 e. The van der Waals surface area contributed by atoms with Crippen molar-refractivity contribution in [1.82, 2.24) is 19.1 Å². The van der Waals surface area contributed by atoms with Crippen LogP contribution >= 0.6 is 0 Å². The average Bonchev–Trinajstić information content (AvgIpc) is 3.79. The molecule has 3 heterocycles. The lowest BCUT2D eigenvalue weighted by molar-refractivity contribution is 1.08. The predicted octanol–water partition coefficient (Wildman–Crippen LogP) is 13.5. The van der Waals surface area contributed by atoms with E-state index < -0.39 is 0 Å². The minimum absolute atomic E-state index is 0.707. The van der Waals surface area contributed by atoms with E-state index in [4.69, 9.17) is 9.97 Å². The molecule has 12 aromatic rings. The van der Waals surface area contributed by atoms with Crippen LogP contribution in [0.15, 0.2) is 194 Å². The molecule has 4 nitrogen and oxygen atoms in total. The first kappa shape index (κ1) is 30.9. The minimum atomic E-state index is 0.707. The smallest absolute Gasteiger partial charge is 0.162 e. The van der Waals surface area contributed by atoms with Crippen molar-refractivity contribution in [3.63, 3.8) is 0 Å². The van der Waals surface area contributed by atoms with Gasteiger partial charge < -0.3 is 4.57 Å². The quantitative estimate of drug-likeness (QED) is 0.170. The van der Waals surface area contributed by atoms with Crippen LogP contribution in [0.3, 0.4) is 0 Å². The molecule has 0 atom stereocenters. The maximum absolute atomic E-state index is 5.46. The fourth-order valence-electron chi connectivity index (χ4n) is 8.96. The van der Waals surface area contributed by atoms with E-state index in [9.17, 15) is 0 Å². The first-order chi connectivity index (χ1) is 27.8. The number of rotatable bonds is 4. The molecule has 0 saturated carbocycles. The molecular weight excluding hydrogens is 681 g/mol. The SMILES string of the molecule is c1ccc(-n2c3ccccc3c3c(-c4ccc5c(c4)c4ccccc4n5-c4nc(-c5ccc6ccccc6c5)nc5c4ccc4ccccc45)cccc32)cc1. The van der Waals surface area contributed by atoms with Gasteiger partial charge in [-0.05, 0) is 81.9 Å². The lowest BCUT2D eigenvalue weighted by Crippen LogP contribution is -2.03. The molecule has 4 heteroatoms. The molecule has 0 aliphatic rings. The molecule has 260 valence electrons. The first-order valence-corrected chi connectivity index (χ1v) is 19.1. The molecule has 9 aromatic carbocycles. The van der Waals surface area contributed by atoms with Crippen molar-refractivity contribution in [3.05, 3.63) is 194 Å². The van der Waals surface area contributed by atoms with Gasteiger partial charge in [0.05, 0.1) is 27.6 Å². The molecular formula is C52H32N4. The van der Waals surface area contributed by atoms with Crippen molar-refractivity contribution in [2.24, 2.45) is 0 Å². The molecule has 0 fully saturated rings. The zero-order chi connectivity index (χ0) is 36.7. The molecule has 0 aliphatic carbocycles. The highest BCUT2D eigenvalue weighted by Crippen LogP contribution is 2.42. The summed E-state index contributed by atoms with van der Waals surface area (Å²) in [4.78, 5) is 10.8. The summed E-state index contributed by atoms with van der Waals surface area (Å²) in [6.45, 7) is 0. The summed E-state index contributed by atoms with van der Waals surface area (Å²) in [6.07, 6.45) is 0. The topological polar surface area (TPSA) is 35.6 Å². The molecule has 0 N–H and O–H groups in total. The van der Waals surface area contributed by atoms with Gasteiger partial charge in [0, 0.05) is 43.6 Å². The number of fused-ring (bicyclic) bond motifs is 10. The summed E-state index contributed by atoms with van der Waals surface area (Å²) in [7, 11) is 0. The van der Waals surface area contributed by atoms with Gasteiger partial charge in [-0.2, -0.15) is 0 Å². The van der Waals surface area contributed by atoms with Crippen LogP contribution in [0.5, 0.6) is 0 Å². The maximum atomic E-state index is 5.46. The van der Waals surface area contributed by atoms with E-state index in [2.05, 4.69) is 203 Å². The number of hydrogen-bond donors (Lipinski definition) is 0. The van der Waals surface area contributed by atoms with E-state index >= 15 is 0 Å². The van der Waals surface area contributed by atoms with Gasteiger partial charge in [0.1, 0.15) is 5.82 Å². The summed E-state index contributed by atoms with van der Waals surface area (Å²) in [5.41, 5.74) is 10.1. The van der Waals surface area contributed by atoms with Crippen molar-refractivity contribution in [1.29, 1.82) is 0 Å². The molecule has 56 heavy (non-hydrogen) atoms. The van der Waals surface area contributed by atoms with Gasteiger partial charge in [-0.1, -0.05) is 140 Å². The van der Waals surface area contributed by atoms with E-state index in [1.165, 1.54) is 54.5 Å². The fourth-order valence-corrected chi connectivity index (χ4v) is 8.96. The summed E-state index contributed by atoms with van der Waals surface area (Å²) in [5.74, 6) is 1.58. The molecule has 0 bridgehead atoms. The van der Waals surface area contributed by atoms with E-state index in [0.717, 1.165) is 49.8 Å². The molecule has 0 amide bonds. The van der Waals surface area contributed by atoms with Crippen LogP contribution in [0.1, 0.15) is 0 Å². The Kier molecular flexibility index (Phi) is 6.60. The number of nitrogens with zero attached hydrogens (tertiary/aromatic N) is 4. The van der Waals surface area contributed by atoms with Gasteiger partial charge in [0.25, 0.3) is 0 Å². The van der Waals surface area contributed by atoms with E-state index in [0.29, 0.717) is 5.82 Å². The van der Waals surface area contributed by atoms with Crippen molar-refractivity contribution in [2.75, 3.05) is 0 Å². The third kappa shape index (κ3) is 4.53. The van der Waals surface area contributed by atoms with Gasteiger partial charge in [-0.25, -0.2) is 9.97 Å². The summed E-state index contributed by atoms with van der Waals surface area (Å²) >= 11 is 0. The van der Waals surface area contributed by atoms with Crippen molar-refractivity contribution >= 4 is 76.1 Å². The van der Waals surface area contributed by atoms with Gasteiger partial charge in [-0.15, -0.1) is 0 Å². The molecule has 3 aromatic heterocycles. The van der Waals surface area contributed by atoms with Crippen LogP contribution < -0.4 is 0 Å². The van der Waals surface area contributed by atoms with E-state index in [-0.39, 0.29) is 0 Å². The summed E-state index contributed by atoms with van der Waals surface area (Å²) < 4.78 is 4.73. The number of hydrogen-bond acceptors (Lipinski definition) is 2. The van der Waals surface area contributed by atoms with Crippen LogP contribution in [0.4, 0.5) is 0 Å². The summed E-state index contributed by atoms with van der Waals surface area (Å²) in [5, 5.41) is 10.5. The van der Waals surface area contributed by atoms with Crippen LogP contribution in [-0.2, 0) is 0 Å². The first-order valence-electron chi connectivity index (χ1n) is 19.1. The monoisotopic (exact) mass is 712 g/mol. The van der Waals surface area contributed by atoms with Gasteiger partial charge in [0.15, 0.2) is 5.82 Å². The highest BCUT2D eigenvalue weighted by atomic mass is 15.1. The average molecular weight is 713 g/mol. The molecule has 0 unspecified atom stereocenters. The number of para-hydroxylation sites is 3. The highest BCUT2D eigenvalue weighted by molar-refractivity contribution is 6.18. The van der Waals surface area contributed by atoms with Gasteiger partial charge in [-0.3, -0.25) is 4.57 Å². The number of aromatic nitrogens is 4. The third-order valence-electron chi connectivity index (χ3n) is 11.5. The zero-order valence-electron chi connectivity index (χ0n) is 30.3. The molecule has 0 radical (unpaired) electrons. The Hall–Kier alpha value is -7.56. The highest BCUT2D eigenvalue weighted by Gasteiger charge is 2.21. The second kappa shape index (κ2) is 12.0. The van der Waals surface area contributed by atoms with Crippen LogP contribution in [0.25, 0.3) is 110 Å². The standard InChI is InChI=1S/C52H32N4/c1-2-16-38(17-3-1)55-46-23-11-9-20-42(46)49-39(21-12-24-48(49)55)36-28-30-47-44(32-36)41-19-8-10-22-45(41)56(47)52-43-29-27-34-14-6-7-18-40(34)50(43)53-51(54-52)37-26-25-33-13-4-5-15-35(33)31-37/h1-32H. The number of benzene rings is 9. The Morgan fingerprint density at radius 1 is 0.339 bits per heavy atom. The Bertz CT molecular complexity index is 3540. The zero-order valence-corrected chi connectivity index (χ0v) is 30.3. The molecule has 0 spiro atoms. The lowest BCUT2D eigenvalue weighted by Gasteiger charge is -2.14. The predicted molar refractivity (Wildman–Crippen MR) is 234 cm³/mol. The van der Waals surface area contributed by atoms with Crippen LogP contribution in [0.2, 0.25) is 0 Å². The fraction of sp³-hybridized carbons (Fsp3) is 0. The molecule has 0 aliphatic heterocycles. The van der Waals surface area contributed by atoms with Crippen molar-refractivity contribution in [2.45, 2.75) is 0 Å². The molecule has 12 rings (SSSR count). The second-order valence-corrected chi connectivity index (χ2v) is 14.6. The van der Waals surface area contributed by atoms with Crippen molar-refractivity contribution in [3.8, 4) is 34.0 Å². The van der Waals surface area contributed by atoms with Crippen molar-refractivity contribution < 1.29 is 0 Å². The van der Waals surface area contributed by atoms with Crippen LogP contribution in [-0.4, -0.2) is 19.1 Å². The Morgan fingerprint density at radius 3 is 1.84 bits per heavy atom.